The van der Waals surface area contributed by atoms with Crippen molar-refractivity contribution in [2.75, 3.05) is 13.2 Å². The Labute approximate surface area is 169 Å². The van der Waals surface area contributed by atoms with E-state index in [-0.39, 0.29) is 28.8 Å². The van der Waals surface area contributed by atoms with E-state index < -0.39 is 5.79 Å². The number of ether oxygens (including phenoxy) is 2. The molecule has 4 heteroatoms. The first-order chi connectivity index (χ1) is 13.2. The third kappa shape index (κ3) is 2.50. The maximum atomic E-state index is 13.7. The Bertz CT molecular complexity index is 655. The second kappa shape index (κ2) is 6.28. The maximum absolute atomic E-state index is 13.7. The molecule has 1 saturated heterocycles. The fraction of sp³-hybridized carbons (Fsp3) is 0.958. The molecule has 28 heavy (non-hydrogen) atoms. The SMILES string of the molecule is C[C@@H]1C[C@H]2[C@@H]3CC[C@H]4C[C@H](O)CC[C@]4(C)[C@H]3C(=O)C[C@]2(C)[C@H]1C1(C)OCCO1. The summed E-state index contributed by atoms with van der Waals surface area (Å²) in [5.74, 6) is 2.56. The van der Waals surface area contributed by atoms with Crippen molar-refractivity contribution in [3.63, 3.8) is 0 Å². The van der Waals surface area contributed by atoms with Gasteiger partial charge in [-0.15, -0.1) is 0 Å². The molecular weight excluding hydrogens is 352 g/mol. The molecule has 5 fully saturated rings. The summed E-state index contributed by atoms with van der Waals surface area (Å²) in [6.07, 6.45) is 6.82. The maximum Gasteiger partial charge on any atom is 0.169 e. The number of ketones is 1. The summed E-state index contributed by atoms with van der Waals surface area (Å²) in [5.41, 5.74) is 0.0697. The van der Waals surface area contributed by atoms with Gasteiger partial charge in [-0.25, -0.2) is 0 Å². The number of aliphatic hydroxyl groups is 1. The molecule has 0 spiro atoms. The van der Waals surface area contributed by atoms with Crippen molar-refractivity contribution in [2.24, 2.45) is 46.3 Å². The fourth-order valence-corrected chi connectivity index (χ4v) is 9.25. The topological polar surface area (TPSA) is 55.8 Å². The molecule has 4 nitrogen and oxygen atoms in total. The number of hydrogen-bond acceptors (Lipinski definition) is 4. The Balaban J connectivity index is 1.50. The third-order valence-corrected chi connectivity index (χ3v) is 10.1. The van der Waals surface area contributed by atoms with Gasteiger partial charge in [0.1, 0.15) is 5.78 Å². The van der Waals surface area contributed by atoms with Gasteiger partial charge in [0.05, 0.1) is 19.3 Å². The van der Waals surface area contributed by atoms with E-state index in [9.17, 15) is 9.90 Å². The van der Waals surface area contributed by atoms with Gasteiger partial charge in [-0.3, -0.25) is 4.79 Å². The highest BCUT2D eigenvalue weighted by atomic mass is 16.7. The van der Waals surface area contributed by atoms with Gasteiger partial charge in [-0.1, -0.05) is 20.8 Å². The van der Waals surface area contributed by atoms with Crippen LogP contribution in [0.4, 0.5) is 0 Å². The summed E-state index contributed by atoms with van der Waals surface area (Å²) >= 11 is 0. The first-order valence-corrected chi connectivity index (χ1v) is 11.7. The molecule has 158 valence electrons. The van der Waals surface area contributed by atoms with Crippen LogP contribution in [0, 0.1) is 46.3 Å². The first-order valence-electron chi connectivity index (χ1n) is 11.7. The number of fused-ring (bicyclic) bond motifs is 5. The van der Waals surface area contributed by atoms with Crippen LogP contribution in [0.2, 0.25) is 0 Å². The van der Waals surface area contributed by atoms with Crippen LogP contribution < -0.4 is 0 Å². The lowest BCUT2D eigenvalue weighted by Gasteiger charge is -2.60. The summed E-state index contributed by atoms with van der Waals surface area (Å²) in [4.78, 5) is 13.7. The largest absolute Gasteiger partial charge is 0.393 e. The van der Waals surface area contributed by atoms with Crippen LogP contribution in [0.3, 0.4) is 0 Å². The van der Waals surface area contributed by atoms with Crippen LogP contribution in [-0.4, -0.2) is 36.0 Å². The Kier molecular flexibility index (Phi) is 4.37. The monoisotopic (exact) mass is 390 g/mol. The highest BCUT2D eigenvalue weighted by molar-refractivity contribution is 5.84. The Morgan fingerprint density at radius 3 is 2.43 bits per heavy atom. The van der Waals surface area contributed by atoms with E-state index in [1.165, 1.54) is 12.8 Å². The lowest BCUT2D eigenvalue weighted by atomic mass is 9.44. The minimum atomic E-state index is -0.536. The normalized spacial score (nSPS) is 55.5. The molecule has 0 aromatic rings. The third-order valence-electron chi connectivity index (χ3n) is 10.1. The predicted molar refractivity (Wildman–Crippen MR) is 106 cm³/mol. The molecule has 0 unspecified atom stereocenters. The van der Waals surface area contributed by atoms with Gasteiger partial charge in [0, 0.05) is 18.3 Å². The van der Waals surface area contributed by atoms with Crippen molar-refractivity contribution in [3.8, 4) is 0 Å². The van der Waals surface area contributed by atoms with Crippen LogP contribution in [0.5, 0.6) is 0 Å². The number of rotatable bonds is 1. The first kappa shape index (κ1) is 19.5. The molecule has 1 aliphatic heterocycles. The van der Waals surface area contributed by atoms with Crippen LogP contribution in [0.1, 0.15) is 72.6 Å². The van der Waals surface area contributed by atoms with Crippen molar-refractivity contribution >= 4 is 5.78 Å². The fourth-order valence-electron chi connectivity index (χ4n) is 9.25. The van der Waals surface area contributed by atoms with E-state index in [0.717, 1.165) is 25.7 Å². The molecule has 1 heterocycles. The molecule has 0 radical (unpaired) electrons. The van der Waals surface area contributed by atoms with Gasteiger partial charge in [-0.2, -0.15) is 0 Å². The highest BCUT2D eigenvalue weighted by Gasteiger charge is 2.67. The highest BCUT2D eigenvalue weighted by Crippen LogP contribution is 2.69. The Morgan fingerprint density at radius 1 is 1.00 bits per heavy atom. The Morgan fingerprint density at radius 2 is 1.71 bits per heavy atom. The Hall–Kier alpha value is -0.450. The molecule has 0 amide bonds. The molecule has 0 aromatic carbocycles. The van der Waals surface area contributed by atoms with Crippen molar-refractivity contribution in [1.82, 2.24) is 0 Å². The van der Waals surface area contributed by atoms with Crippen LogP contribution >= 0.6 is 0 Å². The van der Waals surface area contributed by atoms with Gasteiger partial charge < -0.3 is 14.6 Å². The van der Waals surface area contributed by atoms with E-state index >= 15 is 0 Å². The summed E-state index contributed by atoms with van der Waals surface area (Å²) < 4.78 is 12.3. The number of carbonyl (C=O) groups excluding carboxylic acids is 1. The van der Waals surface area contributed by atoms with E-state index in [2.05, 4.69) is 27.7 Å². The van der Waals surface area contributed by atoms with Gasteiger partial charge in [-0.05, 0) is 80.0 Å². The zero-order valence-electron chi connectivity index (χ0n) is 18.1. The molecular formula is C24H38O4. The molecule has 0 bridgehead atoms. The average Bonchev–Trinajstić information content (AvgIpc) is 3.16. The minimum Gasteiger partial charge on any atom is -0.393 e. The van der Waals surface area contributed by atoms with Gasteiger partial charge >= 0.3 is 0 Å². The summed E-state index contributed by atoms with van der Waals surface area (Å²) in [5, 5.41) is 10.2. The standard InChI is InChI=1S/C24H38O4/c1-14-11-18-17-6-5-15-12-16(25)7-8-22(15,2)20(17)19(26)13-23(18,3)21(14)24(4)27-9-10-28-24/h14-18,20-21,25H,5-13H2,1-4H3/t14-,15+,16-,17+,18+,20-,21+,22+,23+/m1/s1. The second-order valence-electron chi connectivity index (χ2n) is 11.5. The molecule has 5 rings (SSSR count). The van der Waals surface area contributed by atoms with Crippen molar-refractivity contribution < 1.29 is 19.4 Å². The smallest absolute Gasteiger partial charge is 0.169 e. The molecule has 4 saturated carbocycles. The summed E-state index contributed by atoms with van der Waals surface area (Å²) in [7, 11) is 0. The lowest BCUT2D eigenvalue weighted by molar-refractivity contribution is -0.223. The number of Topliss-reactive ketones (excluding diaryl/α,β-unsaturated/α-hetero) is 1. The van der Waals surface area contributed by atoms with Crippen LogP contribution in [0.25, 0.3) is 0 Å². The van der Waals surface area contributed by atoms with Gasteiger partial charge in [0.15, 0.2) is 5.79 Å². The molecule has 1 N–H and O–H groups in total. The van der Waals surface area contributed by atoms with Crippen molar-refractivity contribution in [3.05, 3.63) is 0 Å². The molecule has 4 aliphatic carbocycles. The van der Waals surface area contributed by atoms with Crippen LogP contribution in [0.15, 0.2) is 0 Å². The van der Waals surface area contributed by atoms with E-state index in [0.29, 0.717) is 49.1 Å². The number of carbonyl (C=O) groups is 1. The summed E-state index contributed by atoms with van der Waals surface area (Å²) in [6.45, 7) is 10.6. The second-order valence-corrected chi connectivity index (χ2v) is 11.5. The van der Waals surface area contributed by atoms with Crippen molar-refractivity contribution in [2.45, 2.75) is 84.5 Å². The zero-order chi connectivity index (χ0) is 19.9. The van der Waals surface area contributed by atoms with Crippen LogP contribution in [-0.2, 0) is 14.3 Å². The molecule has 0 aromatic heterocycles. The lowest BCUT2D eigenvalue weighted by Crippen LogP contribution is -2.59. The van der Waals surface area contributed by atoms with E-state index in [1.807, 2.05) is 0 Å². The zero-order valence-corrected chi connectivity index (χ0v) is 18.1. The molecule has 5 aliphatic rings. The van der Waals surface area contributed by atoms with Gasteiger partial charge in [0.2, 0.25) is 0 Å². The van der Waals surface area contributed by atoms with Crippen molar-refractivity contribution in [1.29, 1.82) is 0 Å². The van der Waals surface area contributed by atoms with E-state index in [4.69, 9.17) is 9.47 Å². The average molecular weight is 391 g/mol. The minimum absolute atomic E-state index is 0.0197. The number of aliphatic hydroxyl groups excluding tert-OH is 1. The van der Waals surface area contributed by atoms with Gasteiger partial charge in [0.25, 0.3) is 0 Å². The predicted octanol–water partition coefficient (Wildman–Crippen LogP) is 4.19. The summed E-state index contributed by atoms with van der Waals surface area (Å²) in [6, 6.07) is 0. The quantitative estimate of drug-likeness (QED) is 0.729. The van der Waals surface area contributed by atoms with E-state index in [1.54, 1.807) is 0 Å². The number of hydrogen-bond donors (Lipinski definition) is 1. The molecule has 9 atom stereocenters.